The predicted octanol–water partition coefficient (Wildman–Crippen LogP) is -1.90. The molecule has 0 spiro atoms. The van der Waals surface area contributed by atoms with E-state index in [1.807, 2.05) is 0 Å². The van der Waals surface area contributed by atoms with Gasteiger partial charge in [-0.25, -0.2) is 13.4 Å². The lowest BCUT2D eigenvalue weighted by molar-refractivity contribution is 0.272. The Morgan fingerprint density at radius 1 is 1.44 bits per heavy atom. The largest absolute Gasteiger partial charge is 0.395 e. The maximum atomic E-state index is 11.6. The van der Waals surface area contributed by atoms with E-state index in [0.717, 1.165) is 10.8 Å². The van der Waals surface area contributed by atoms with Crippen LogP contribution in [-0.4, -0.2) is 45.9 Å². The van der Waals surface area contributed by atoms with E-state index in [0.29, 0.717) is 0 Å². The van der Waals surface area contributed by atoms with Crippen LogP contribution < -0.4 is 11.3 Å². The number of nitrogens with two attached hydrogens (primary N) is 1. The van der Waals surface area contributed by atoms with Crippen LogP contribution in [-0.2, 0) is 16.4 Å². The Balaban J connectivity index is 2.93. The molecular formula is C8H11N5O4S. The van der Waals surface area contributed by atoms with Crippen molar-refractivity contribution in [1.82, 2.24) is 19.5 Å². The fourth-order valence-corrected chi connectivity index (χ4v) is 2.43. The van der Waals surface area contributed by atoms with Gasteiger partial charge >= 0.3 is 0 Å². The molecule has 2 heterocycles. The monoisotopic (exact) mass is 273 g/mol. The first-order chi connectivity index (χ1) is 8.34. The lowest BCUT2D eigenvalue weighted by Crippen LogP contribution is -2.14. The number of nitrogens with zero attached hydrogens (tertiary/aromatic N) is 3. The molecule has 10 heteroatoms. The van der Waals surface area contributed by atoms with Crippen molar-refractivity contribution in [2.24, 2.45) is 0 Å². The van der Waals surface area contributed by atoms with Crippen LogP contribution in [0.5, 0.6) is 0 Å². The highest BCUT2D eigenvalue weighted by atomic mass is 32.2. The molecule has 0 atom stereocenters. The second-order valence-corrected chi connectivity index (χ2v) is 5.57. The summed E-state index contributed by atoms with van der Waals surface area (Å²) in [5, 5.41) is 8.61. The molecule has 9 nitrogen and oxygen atoms in total. The van der Waals surface area contributed by atoms with Crippen molar-refractivity contribution in [1.29, 1.82) is 0 Å². The number of sulfone groups is 1. The van der Waals surface area contributed by atoms with Gasteiger partial charge < -0.3 is 10.8 Å². The average molecular weight is 273 g/mol. The van der Waals surface area contributed by atoms with E-state index >= 15 is 0 Å². The second kappa shape index (κ2) is 4.07. The molecule has 2 rings (SSSR count). The molecule has 4 N–H and O–H groups in total. The molecule has 0 saturated carbocycles. The van der Waals surface area contributed by atoms with Crippen molar-refractivity contribution in [3.8, 4) is 0 Å². The number of aliphatic hydroxyl groups excluding tert-OH is 1. The molecule has 0 amide bonds. The van der Waals surface area contributed by atoms with Crippen molar-refractivity contribution >= 4 is 26.9 Å². The highest BCUT2D eigenvalue weighted by molar-refractivity contribution is 7.90. The highest BCUT2D eigenvalue weighted by Gasteiger charge is 2.22. The summed E-state index contributed by atoms with van der Waals surface area (Å²) in [5.41, 5.74) is 4.67. The van der Waals surface area contributed by atoms with Crippen LogP contribution in [0, 0.1) is 0 Å². The number of imidazole rings is 1. The van der Waals surface area contributed by atoms with Crippen LogP contribution in [0.25, 0.3) is 11.2 Å². The van der Waals surface area contributed by atoms with Crippen LogP contribution in [0.3, 0.4) is 0 Å². The number of nitrogen functional groups attached to an aromatic ring is 1. The predicted molar refractivity (Wildman–Crippen MR) is 62.8 cm³/mol. The van der Waals surface area contributed by atoms with E-state index in [9.17, 15) is 13.2 Å². The number of nitrogens with one attached hydrogen (secondary N) is 1. The summed E-state index contributed by atoms with van der Waals surface area (Å²) in [7, 11) is -3.64. The first-order valence-electron chi connectivity index (χ1n) is 4.91. The Morgan fingerprint density at radius 2 is 2.11 bits per heavy atom. The van der Waals surface area contributed by atoms with Crippen LogP contribution in [0.1, 0.15) is 0 Å². The van der Waals surface area contributed by atoms with Gasteiger partial charge in [0.2, 0.25) is 20.9 Å². The van der Waals surface area contributed by atoms with Crippen molar-refractivity contribution in [2.75, 3.05) is 18.6 Å². The zero-order chi connectivity index (χ0) is 13.5. The van der Waals surface area contributed by atoms with Gasteiger partial charge in [-0.15, -0.1) is 0 Å². The highest BCUT2D eigenvalue weighted by Crippen LogP contribution is 2.15. The van der Waals surface area contributed by atoms with Gasteiger partial charge in [0.1, 0.15) is 0 Å². The van der Waals surface area contributed by atoms with E-state index in [4.69, 9.17) is 10.8 Å². The van der Waals surface area contributed by atoms with Gasteiger partial charge in [0, 0.05) is 12.8 Å². The molecule has 0 radical (unpaired) electrons. The molecule has 0 aromatic carbocycles. The Hall–Kier alpha value is -1.94. The van der Waals surface area contributed by atoms with E-state index < -0.39 is 15.4 Å². The van der Waals surface area contributed by atoms with Crippen molar-refractivity contribution in [2.45, 2.75) is 11.7 Å². The van der Waals surface area contributed by atoms with Crippen LogP contribution in [0.2, 0.25) is 0 Å². The minimum absolute atomic E-state index is 0.0331. The normalized spacial score (nSPS) is 12.1. The second-order valence-electron chi connectivity index (χ2n) is 3.67. The van der Waals surface area contributed by atoms with Crippen LogP contribution >= 0.6 is 0 Å². The Kier molecular flexibility index (Phi) is 2.83. The summed E-state index contributed by atoms with van der Waals surface area (Å²) >= 11 is 0. The van der Waals surface area contributed by atoms with Crippen molar-refractivity contribution in [3.05, 3.63) is 10.4 Å². The molecule has 2 aromatic rings. The first kappa shape index (κ1) is 12.5. The fraction of sp³-hybridized carbons (Fsp3) is 0.375. The minimum atomic E-state index is -3.64. The summed E-state index contributed by atoms with van der Waals surface area (Å²) in [6.07, 6.45) is 0.958. The van der Waals surface area contributed by atoms with Crippen LogP contribution in [0.15, 0.2) is 9.95 Å². The number of fused-ring (bicyclic) bond motifs is 1. The van der Waals surface area contributed by atoms with Gasteiger partial charge in [-0.1, -0.05) is 0 Å². The van der Waals surface area contributed by atoms with Gasteiger partial charge in [-0.2, -0.15) is 4.98 Å². The number of aliphatic hydroxyl groups is 1. The third-order valence-electron chi connectivity index (χ3n) is 2.24. The fourth-order valence-electron chi connectivity index (χ4n) is 1.59. The number of rotatable bonds is 3. The smallest absolute Gasteiger partial charge is 0.280 e. The molecule has 0 fully saturated rings. The van der Waals surface area contributed by atoms with Gasteiger partial charge in [-0.05, 0) is 0 Å². The standard InChI is InChI=1S/C8H11N5O4S/c1-18(16,17)8-10-4-5(13(8)2-3-14)11-7(9)12-6(4)15/h14H,2-3H2,1H3,(H3,9,11,12,15). The third-order valence-corrected chi connectivity index (χ3v) is 3.22. The maximum absolute atomic E-state index is 11.6. The molecule has 0 aliphatic heterocycles. The van der Waals surface area contributed by atoms with Gasteiger partial charge in [-0.3, -0.25) is 14.3 Å². The van der Waals surface area contributed by atoms with E-state index in [1.54, 1.807) is 0 Å². The number of hydrogen-bond acceptors (Lipinski definition) is 7. The molecule has 18 heavy (non-hydrogen) atoms. The minimum Gasteiger partial charge on any atom is -0.395 e. The van der Waals surface area contributed by atoms with Gasteiger partial charge in [0.15, 0.2) is 11.2 Å². The summed E-state index contributed by atoms with van der Waals surface area (Å²) in [5.74, 6) is -0.147. The lowest BCUT2D eigenvalue weighted by Gasteiger charge is -2.04. The van der Waals surface area contributed by atoms with E-state index in [-0.39, 0.29) is 35.4 Å². The number of hydrogen-bond donors (Lipinski definition) is 3. The molecule has 0 aliphatic carbocycles. The molecule has 0 aliphatic rings. The number of aromatic amines is 1. The molecule has 0 bridgehead atoms. The summed E-state index contributed by atoms with van der Waals surface area (Å²) in [4.78, 5) is 21.4. The Bertz CT molecular complexity index is 760. The van der Waals surface area contributed by atoms with Gasteiger partial charge in [0.25, 0.3) is 5.56 Å². The third kappa shape index (κ3) is 1.95. The molecular weight excluding hydrogens is 262 g/mol. The van der Waals surface area contributed by atoms with Crippen LogP contribution in [0.4, 0.5) is 5.95 Å². The summed E-state index contributed by atoms with van der Waals surface area (Å²) in [6.45, 7) is -0.364. The lowest BCUT2D eigenvalue weighted by atomic mass is 10.5. The zero-order valence-electron chi connectivity index (χ0n) is 9.41. The summed E-state index contributed by atoms with van der Waals surface area (Å²) in [6, 6.07) is 0. The Morgan fingerprint density at radius 3 is 2.67 bits per heavy atom. The zero-order valence-corrected chi connectivity index (χ0v) is 10.2. The average Bonchev–Trinajstić information content (AvgIpc) is 2.58. The van der Waals surface area contributed by atoms with E-state index in [1.165, 1.54) is 0 Å². The van der Waals surface area contributed by atoms with Crippen molar-refractivity contribution < 1.29 is 13.5 Å². The Labute approximate surface area is 101 Å². The SMILES string of the molecule is CS(=O)(=O)c1nc2c(=O)[nH]c(N)nc2n1CCO. The molecule has 2 aromatic heterocycles. The first-order valence-corrected chi connectivity index (χ1v) is 6.80. The number of H-pyrrole nitrogens is 1. The van der Waals surface area contributed by atoms with Crippen molar-refractivity contribution in [3.63, 3.8) is 0 Å². The van der Waals surface area contributed by atoms with E-state index in [2.05, 4.69) is 15.0 Å². The topological polar surface area (TPSA) is 144 Å². The van der Waals surface area contributed by atoms with Gasteiger partial charge in [0.05, 0.1) is 6.61 Å². The molecule has 0 unspecified atom stereocenters. The summed E-state index contributed by atoms with van der Waals surface area (Å²) < 4.78 is 24.3. The number of anilines is 1. The molecule has 98 valence electrons. The quantitative estimate of drug-likeness (QED) is 0.592. The molecule has 0 saturated heterocycles. The maximum Gasteiger partial charge on any atom is 0.280 e. The number of aromatic nitrogens is 4.